The third-order valence-corrected chi connectivity index (χ3v) is 2.78. The van der Waals surface area contributed by atoms with Crippen LogP contribution >= 0.6 is 28.1 Å². The van der Waals surface area contributed by atoms with Crippen LogP contribution in [-0.2, 0) is 6.42 Å². The predicted octanol–water partition coefficient (Wildman–Crippen LogP) is 3.07. The SMILES string of the molecule is CCOc1ccc(CCC(N)=S)cc1Br. The van der Waals surface area contributed by atoms with Gasteiger partial charge in [0.2, 0.25) is 0 Å². The Balaban J connectivity index is 2.68. The Morgan fingerprint density at radius 1 is 1.53 bits per heavy atom. The molecule has 0 saturated heterocycles. The van der Waals surface area contributed by atoms with Crippen LogP contribution in [0.2, 0.25) is 0 Å². The Bertz CT molecular complexity index is 354. The highest BCUT2D eigenvalue weighted by atomic mass is 79.9. The summed E-state index contributed by atoms with van der Waals surface area (Å²) in [6, 6.07) is 6.04. The van der Waals surface area contributed by atoms with E-state index in [0.29, 0.717) is 11.6 Å². The van der Waals surface area contributed by atoms with E-state index in [4.69, 9.17) is 22.7 Å². The second kappa shape index (κ2) is 6.08. The maximum atomic E-state index is 5.45. The van der Waals surface area contributed by atoms with E-state index in [0.717, 1.165) is 23.1 Å². The molecule has 0 bridgehead atoms. The lowest BCUT2D eigenvalue weighted by molar-refractivity contribution is 0.338. The largest absolute Gasteiger partial charge is 0.493 e. The Morgan fingerprint density at radius 2 is 2.27 bits per heavy atom. The molecule has 2 N–H and O–H groups in total. The molecule has 0 aromatic heterocycles. The molecule has 0 aliphatic carbocycles. The van der Waals surface area contributed by atoms with Crippen LogP contribution in [0.4, 0.5) is 0 Å². The summed E-state index contributed by atoms with van der Waals surface area (Å²) in [6.45, 7) is 2.64. The first-order valence-electron chi connectivity index (χ1n) is 4.83. The summed E-state index contributed by atoms with van der Waals surface area (Å²) in [7, 11) is 0. The summed E-state index contributed by atoms with van der Waals surface area (Å²) in [6.07, 6.45) is 1.62. The molecule has 0 spiro atoms. The van der Waals surface area contributed by atoms with Crippen LogP contribution in [0.1, 0.15) is 18.9 Å². The van der Waals surface area contributed by atoms with Crippen molar-refractivity contribution < 1.29 is 4.74 Å². The molecule has 15 heavy (non-hydrogen) atoms. The van der Waals surface area contributed by atoms with Gasteiger partial charge in [0.25, 0.3) is 0 Å². The van der Waals surface area contributed by atoms with Gasteiger partial charge in [0.15, 0.2) is 0 Å². The minimum atomic E-state index is 0.556. The first kappa shape index (κ1) is 12.5. The summed E-state index contributed by atoms with van der Waals surface area (Å²) in [5.74, 6) is 0.872. The van der Waals surface area contributed by atoms with Crippen molar-refractivity contribution in [3.63, 3.8) is 0 Å². The maximum Gasteiger partial charge on any atom is 0.133 e. The molecule has 0 unspecified atom stereocenters. The molecule has 0 amide bonds. The molecular formula is C11H14BrNOS. The summed E-state index contributed by atoms with van der Waals surface area (Å²) in [5.41, 5.74) is 6.66. The number of benzene rings is 1. The Kier molecular flexibility index (Phi) is 5.05. The number of halogens is 1. The van der Waals surface area contributed by atoms with Crippen molar-refractivity contribution >= 4 is 33.1 Å². The fourth-order valence-electron chi connectivity index (χ4n) is 1.24. The molecule has 0 aliphatic heterocycles. The summed E-state index contributed by atoms with van der Waals surface area (Å²) >= 11 is 8.30. The second-order valence-electron chi connectivity index (χ2n) is 3.16. The zero-order chi connectivity index (χ0) is 11.3. The van der Waals surface area contributed by atoms with Gasteiger partial charge in [0.1, 0.15) is 5.75 Å². The molecule has 4 heteroatoms. The predicted molar refractivity (Wildman–Crippen MR) is 70.4 cm³/mol. The average Bonchev–Trinajstić information content (AvgIpc) is 2.19. The lowest BCUT2D eigenvalue weighted by atomic mass is 10.1. The highest BCUT2D eigenvalue weighted by molar-refractivity contribution is 9.10. The van der Waals surface area contributed by atoms with E-state index in [9.17, 15) is 0 Å². The standard InChI is InChI=1S/C11H14BrNOS/c1-2-14-10-5-3-8(7-9(10)12)4-6-11(13)15/h3,5,7H,2,4,6H2,1H3,(H2,13,15). The fourth-order valence-corrected chi connectivity index (χ4v) is 1.88. The normalized spacial score (nSPS) is 10.0. The van der Waals surface area contributed by atoms with Crippen LogP contribution in [-0.4, -0.2) is 11.6 Å². The van der Waals surface area contributed by atoms with Gasteiger partial charge in [0, 0.05) is 6.42 Å². The van der Waals surface area contributed by atoms with Gasteiger partial charge in [-0.1, -0.05) is 18.3 Å². The fraction of sp³-hybridized carbons (Fsp3) is 0.364. The van der Waals surface area contributed by atoms with Crippen LogP contribution in [0.3, 0.4) is 0 Å². The first-order valence-corrected chi connectivity index (χ1v) is 6.03. The number of hydrogen-bond donors (Lipinski definition) is 1. The molecule has 0 radical (unpaired) electrons. The van der Waals surface area contributed by atoms with Gasteiger partial charge in [-0.3, -0.25) is 0 Å². The van der Waals surface area contributed by atoms with Crippen molar-refractivity contribution in [2.45, 2.75) is 19.8 Å². The molecule has 82 valence electrons. The lowest BCUT2D eigenvalue weighted by Crippen LogP contribution is -2.08. The lowest BCUT2D eigenvalue weighted by Gasteiger charge is -2.07. The molecule has 1 aromatic carbocycles. The smallest absolute Gasteiger partial charge is 0.133 e. The monoisotopic (exact) mass is 287 g/mol. The number of nitrogens with two attached hydrogens (primary N) is 1. The van der Waals surface area contributed by atoms with Gasteiger partial charge in [0.05, 0.1) is 16.1 Å². The van der Waals surface area contributed by atoms with Crippen molar-refractivity contribution in [3.05, 3.63) is 28.2 Å². The van der Waals surface area contributed by atoms with Crippen molar-refractivity contribution in [2.24, 2.45) is 5.73 Å². The molecule has 0 saturated carbocycles. The molecule has 0 aliphatic rings. The molecule has 0 atom stereocenters. The van der Waals surface area contributed by atoms with Crippen molar-refractivity contribution in [1.29, 1.82) is 0 Å². The van der Waals surface area contributed by atoms with Crippen molar-refractivity contribution in [1.82, 2.24) is 0 Å². The van der Waals surface area contributed by atoms with Gasteiger partial charge in [-0.25, -0.2) is 0 Å². The summed E-state index contributed by atoms with van der Waals surface area (Å²) in [5, 5.41) is 0. The number of aryl methyl sites for hydroxylation is 1. The zero-order valence-electron chi connectivity index (χ0n) is 8.63. The van der Waals surface area contributed by atoms with E-state index in [1.807, 2.05) is 25.1 Å². The minimum Gasteiger partial charge on any atom is -0.493 e. The Hall–Kier alpha value is -0.610. The highest BCUT2D eigenvalue weighted by Crippen LogP contribution is 2.26. The zero-order valence-corrected chi connectivity index (χ0v) is 11.0. The molecule has 0 heterocycles. The number of ether oxygens (including phenoxy) is 1. The van der Waals surface area contributed by atoms with Gasteiger partial charge in [-0.2, -0.15) is 0 Å². The van der Waals surface area contributed by atoms with Gasteiger partial charge >= 0.3 is 0 Å². The number of hydrogen-bond acceptors (Lipinski definition) is 2. The van der Waals surface area contributed by atoms with E-state index < -0.39 is 0 Å². The van der Waals surface area contributed by atoms with Crippen LogP contribution in [0, 0.1) is 0 Å². The molecule has 0 fully saturated rings. The second-order valence-corrected chi connectivity index (χ2v) is 4.54. The molecular weight excluding hydrogens is 274 g/mol. The van der Waals surface area contributed by atoms with E-state index in [1.165, 1.54) is 5.56 Å². The average molecular weight is 288 g/mol. The molecule has 1 aromatic rings. The van der Waals surface area contributed by atoms with Crippen LogP contribution in [0.15, 0.2) is 22.7 Å². The number of thiocarbonyl (C=S) groups is 1. The maximum absolute atomic E-state index is 5.45. The summed E-state index contributed by atoms with van der Waals surface area (Å²) < 4.78 is 6.40. The van der Waals surface area contributed by atoms with Crippen molar-refractivity contribution in [2.75, 3.05) is 6.61 Å². The van der Waals surface area contributed by atoms with Crippen LogP contribution in [0.5, 0.6) is 5.75 Å². The quantitative estimate of drug-likeness (QED) is 0.846. The molecule has 1 rings (SSSR count). The first-order chi connectivity index (χ1) is 7.13. The van der Waals surface area contributed by atoms with Crippen molar-refractivity contribution in [3.8, 4) is 5.75 Å². The summed E-state index contributed by atoms with van der Waals surface area (Å²) in [4.78, 5) is 0.556. The van der Waals surface area contributed by atoms with Crippen LogP contribution in [0.25, 0.3) is 0 Å². The van der Waals surface area contributed by atoms with E-state index in [1.54, 1.807) is 0 Å². The molecule has 2 nitrogen and oxygen atoms in total. The highest BCUT2D eigenvalue weighted by Gasteiger charge is 2.02. The third-order valence-electron chi connectivity index (χ3n) is 1.96. The Morgan fingerprint density at radius 3 is 2.80 bits per heavy atom. The Labute approximate surface area is 104 Å². The third kappa shape index (κ3) is 4.18. The number of rotatable bonds is 5. The van der Waals surface area contributed by atoms with Crippen LogP contribution < -0.4 is 10.5 Å². The van der Waals surface area contributed by atoms with E-state index >= 15 is 0 Å². The van der Waals surface area contributed by atoms with E-state index in [2.05, 4.69) is 15.9 Å². The minimum absolute atomic E-state index is 0.556. The van der Waals surface area contributed by atoms with Gasteiger partial charge in [-0.15, -0.1) is 0 Å². The van der Waals surface area contributed by atoms with Gasteiger partial charge < -0.3 is 10.5 Å². The van der Waals surface area contributed by atoms with E-state index in [-0.39, 0.29) is 0 Å². The van der Waals surface area contributed by atoms with Gasteiger partial charge in [-0.05, 0) is 47.0 Å². The topological polar surface area (TPSA) is 35.2 Å².